The molecule has 12 heteroatoms. The molecular formula is C44H49F2N3O7. The molecule has 0 aliphatic carbocycles. The Kier molecular flexibility index (Phi) is 11.3. The van der Waals surface area contributed by atoms with Gasteiger partial charge in [-0.1, -0.05) is 56.7 Å². The molecule has 0 spiro atoms. The Bertz CT molecular complexity index is 2110. The largest absolute Gasteiger partial charge is 0.488 e. The lowest BCUT2D eigenvalue weighted by Gasteiger charge is -2.37. The molecule has 2 saturated heterocycles. The van der Waals surface area contributed by atoms with Gasteiger partial charge in [0.25, 0.3) is 5.91 Å². The van der Waals surface area contributed by atoms with Gasteiger partial charge in [-0.25, -0.2) is 18.4 Å². The van der Waals surface area contributed by atoms with Gasteiger partial charge >= 0.3 is 12.2 Å². The van der Waals surface area contributed by atoms with Gasteiger partial charge in [0.2, 0.25) is 0 Å². The van der Waals surface area contributed by atoms with Crippen LogP contribution in [0, 0.1) is 24.0 Å². The van der Waals surface area contributed by atoms with Crippen LogP contribution in [-0.2, 0) is 4.74 Å². The highest BCUT2D eigenvalue weighted by atomic mass is 19.2. The summed E-state index contributed by atoms with van der Waals surface area (Å²) >= 11 is 0. The lowest BCUT2D eigenvalue weighted by molar-refractivity contribution is 0.0275. The molecule has 0 radical (unpaired) electrons. The van der Waals surface area contributed by atoms with E-state index < -0.39 is 46.8 Å². The number of amides is 3. The second-order valence-corrected chi connectivity index (χ2v) is 16.6. The van der Waals surface area contributed by atoms with Crippen molar-refractivity contribution in [1.29, 1.82) is 0 Å². The standard InChI is InChI=1S/C44H49F2N3O7/c1-26-8-10-27(11-9-26)33-24-30(14-17-36(33)54-31-18-20-48(25-31)42(53)56-44(5,6)7)47-40(50)29-13-16-37(32(22-29)28-12-15-34(45)35(46)23-28)55-38-19-21-49(41(51)52)39(38)43(2,3)4/h8-17,22-24,31,38-39H,18-21,25H2,1-7H3,(H,47,50)(H,51,52)/t31-,38?,39+/m0/s1. The molecule has 4 aromatic rings. The quantitative estimate of drug-likeness (QED) is 0.183. The predicted octanol–water partition coefficient (Wildman–Crippen LogP) is 9.79. The van der Waals surface area contributed by atoms with Crippen molar-refractivity contribution in [1.82, 2.24) is 9.80 Å². The number of ether oxygens (including phenoxy) is 3. The van der Waals surface area contributed by atoms with Gasteiger partial charge in [0.15, 0.2) is 11.6 Å². The number of nitrogens with one attached hydrogen (secondary N) is 1. The van der Waals surface area contributed by atoms with E-state index in [2.05, 4.69) is 5.32 Å². The number of benzene rings is 4. The van der Waals surface area contributed by atoms with Crippen molar-refractivity contribution in [3.8, 4) is 33.8 Å². The number of nitrogens with zero attached hydrogens (tertiary/aromatic N) is 2. The molecule has 2 fully saturated rings. The van der Waals surface area contributed by atoms with E-state index in [1.165, 1.54) is 11.0 Å². The number of hydrogen-bond acceptors (Lipinski definition) is 6. The summed E-state index contributed by atoms with van der Waals surface area (Å²) in [5.41, 5.74) is 2.97. The van der Waals surface area contributed by atoms with Crippen LogP contribution in [0.4, 0.5) is 24.1 Å². The topological polar surface area (TPSA) is 118 Å². The lowest BCUT2D eigenvalue weighted by atomic mass is 9.83. The molecule has 3 atom stereocenters. The molecule has 296 valence electrons. The summed E-state index contributed by atoms with van der Waals surface area (Å²) in [5, 5.41) is 12.9. The van der Waals surface area contributed by atoms with Gasteiger partial charge < -0.3 is 34.4 Å². The van der Waals surface area contributed by atoms with Crippen LogP contribution in [0.2, 0.25) is 0 Å². The van der Waals surface area contributed by atoms with Crippen molar-refractivity contribution in [3.63, 3.8) is 0 Å². The van der Waals surface area contributed by atoms with Gasteiger partial charge in [-0.2, -0.15) is 0 Å². The Labute approximate surface area is 326 Å². The number of rotatable bonds is 8. The monoisotopic (exact) mass is 769 g/mol. The summed E-state index contributed by atoms with van der Waals surface area (Å²) in [6.07, 6.45) is -1.17. The van der Waals surface area contributed by atoms with Crippen LogP contribution in [0.25, 0.3) is 22.3 Å². The number of aryl methyl sites for hydroxylation is 1. The van der Waals surface area contributed by atoms with Crippen LogP contribution < -0.4 is 14.8 Å². The van der Waals surface area contributed by atoms with Gasteiger partial charge in [0.1, 0.15) is 29.3 Å². The number of halogens is 2. The summed E-state index contributed by atoms with van der Waals surface area (Å²) in [6, 6.07) is 21.0. The summed E-state index contributed by atoms with van der Waals surface area (Å²) in [6.45, 7) is 14.5. The number of anilines is 1. The van der Waals surface area contributed by atoms with Gasteiger partial charge in [-0.05, 0) is 92.8 Å². The molecule has 6 rings (SSSR count). The van der Waals surface area contributed by atoms with E-state index in [9.17, 15) is 28.3 Å². The fourth-order valence-corrected chi connectivity index (χ4v) is 7.32. The van der Waals surface area contributed by atoms with E-state index in [0.29, 0.717) is 48.7 Å². The van der Waals surface area contributed by atoms with E-state index >= 15 is 0 Å². The molecule has 1 unspecified atom stereocenters. The number of hydrogen-bond donors (Lipinski definition) is 2. The summed E-state index contributed by atoms with van der Waals surface area (Å²) in [5.74, 6) is -1.64. The zero-order chi connectivity index (χ0) is 40.5. The average molecular weight is 770 g/mol. The minimum atomic E-state index is -1.06. The highest BCUT2D eigenvalue weighted by molar-refractivity contribution is 6.05. The minimum absolute atomic E-state index is 0.230. The van der Waals surface area contributed by atoms with Crippen molar-refractivity contribution in [2.24, 2.45) is 5.41 Å². The maximum absolute atomic E-state index is 14.6. The third-order valence-corrected chi connectivity index (χ3v) is 9.92. The van der Waals surface area contributed by atoms with Gasteiger partial charge in [0, 0.05) is 48.3 Å². The Hall–Kier alpha value is -5.65. The van der Waals surface area contributed by atoms with E-state index in [-0.39, 0.29) is 29.9 Å². The normalized spacial score (nSPS) is 18.5. The van der Waals surface area contributed by atoms with Crippen LogP contribution in [-0.4, -0.2) is 76.5 Å². The van der Waals surface area contributed by atoms with E-state index in [1.54, 1.807) is 35.2 Å². The first-order chi connectivity index (χ1) is 26.4. The van der Waals surface area contributed by atoms with Gasteiger partial charge in [0.05, 0.1) is 12.6 Å². The predicted molar refractivity (Wildman–Crippen MR) is 210 cm³/mol. The highest BCUT2D eigenvalue weighted by Crippen LogP contribution is 2.40. The van der Waals surface area contributed by atoms with E-state index in [4.69, 9.17) is 14.2 Å². The third-order valence-electron chi connectivity index (χ3n) is 9.92. The van der Waals surface area contributed by atoms with E-state index in [0.717, 1.165) is 28.8 Å². The molecule has 2 N–H and O–H groups in total. The first-order valence-corrected chi connectivity index (χ1v) is 18.8. The van der Waals surface area contributed by atoms with Crippen LogP contribution in [0.15, 0.2) is 78.9 Å². The van der Waals surface area contributed by atoms with Crippen LogP contribution >= 0.6 is 0 Å². The first-order valence-electron chi connectivity index (χ1n) is 18.8. The Balaban J connectivity index is 1.28. The fraction of sp³-hybridized carbons (Fsp3) is 0.386. The molecule has 56 heavy (non-hydrogen) atoms. The molecule has 3 amide bonds. The van der Waals surface area contributed by atoms with Gasteiger partial charge in [-0.3, -0.25) is 4.79 Å². The Morgan fingerprint density at radius 1 is 0.768 bits per heavy atom. The molecule has 2 aliphatic rings. The Morgan fingerprint density at radius 2 is 1.43 bits per heavy atom. The molecule has 4 aromatic carbocycles. The highest BCUT2D eigenvalue weighted by Gasteiger charge is 2.45. The van der Waals surface area contributed by atoms with E-state index in [1.807, 2.05) is 78.8 Å². The molecule has 10 nitrogen and oxygen atoms in total. The maximum Gasteiger partial charge on any atom is 0.410 e. The molecule has 0 saturated carbocycles. The molecular weight excluding hydrogens is 720 g/mol. The fourth-order valence-electron chi connectivity index (χ4n) is 7.32. The zero-order valence-electron chi connectivity index (χ0n) is 32.8. The number of carbonyl (C=O) groups excluding carboxylic acids is 2. The smallest absolute Gasteiger partial charge is 0.410 e. The second kappa shape index (κ2) is 15.8. The lowest BCUT2D eigenvalue weighted by Crippen LogP contribution is -2.48. The van der Waals surface area contributed by atoms with Crippen LogP contribution in [0.3, 0.4) is 0 Å². The molecule has 2 aliphatic heterocycles. The summed E-state index contributed by atoms with van der Waals surface area (Å²) < 4.78 is 47.1. The van der Waals surface area contributed by atoms with Crippen LogP contribution in [0.5, 0.6) is 11.5 Å². The Morgan fingerprint density at radius 3 is 2.09 bits per heavy atom. The van der Waals surface area contributed by atoms with Crippen LogP contribution in [0.1, 0.15) is 70.3 Å². The summed E-state index contributed by atoms with van der Waals surface area (Å²) in [7, 11) is 0. The first kappa shape index (κ1) is 40.0. The van der Waals surface area contributed by atoms with Crippen molar-refractivity contribution < 1.29 is 42.5 Å². The number of carboxylic acid groups (broad SMARTS) is 1. The maximum atomic E-state index is 14.6. The van der Waals surface area contributed by atoms with Crippen molar-refractivity contribution >= 4 is 23.8 Å². The average Bonchev–Trinajstić information content (AvgIpc) is 3.78. The third kappa shape index (κ3) is 9.23. The second-order valence-electron chi connectivity index (χ2n) is 16.6. The van der Waals surface area contributed by atoms with Gasteiger partial charge in [-0.15, -0.1) is 0 Å². The SMILES string of the molecule is Cc1ccc(-c2cc(NC(=O)c3ccc(OC4CCN(C(=O)O)[C@H]4C(C)(C)C)c(-c4ccc(F)c(F)c4)c3)ccc2O[C@H]2CCN(C(=O)OC(C)(C)C)C2)cc1. The molecule has 2 heterocycles. The van der Waals surface area contributed by atoms with Crippen molar-refractivity contribution in [3.05, 3.63) is 102 Å². The molecule has 0 bridgehead atoms. The van der Waals surface area contributed by atoms with Crippen molar-refractivity contribution in [2.45, 2.75) is 85.2 Å². The summed E-state index contributed by atoms with van der Waals surface area (Å²) in [4.78, 5) is 41.7. The minimum Gasteiger partial charge on any atom is -0.488 e. The number of likely N-dealkylation sites (tertiary alicyclic amines) is 2. The molecule has 0 aromatic heterocycles. The van der Waals surface area contributed by atoms with Crippen molar-refractivity contribution in [2.75, 3.05) is 25.0 Å². The number of carbonyl (C=O) groups is 3. The zero-order valence-corrected chi connectivity index (χ0v) is 32.8.